The Morgan fingerprint density at radius 1 is 1.29 bits per heavy atom. The van der Waals surface area contributed by atoms with E-state index in [4.69, 9.17) is 14.0 Å². The zero-order chi connectivity index (χ0) is 17.5. The second-order valence-electron chi connectivity index (χ2n) is 5.82. The molecule has 0 saturated carbocycles. The monoisotopic (exact) mass is 354 g/mol. The van der Waals surface area contributed by atoms with E-state index in [0.29, 0.717) is 17.1 Å². The molecule has 0 spiro atoms. The maximum Gasteiger partial charge on any atom is 0.246 e. The normalized spacial score (nSPS) is 16.2. The van der Waals surface area contributed by atoms with E-state index >= 15 is 0 Å². The predicted octanol–water partition coefficient (Wildman–Crippen LogP) is 1.21. The summed E-state index contributed by atoms with van der Waals surface area (Å²) in [6, 6.07) is 4.97. The van der Waals surface area contributed by atoms with Gasteiger partial charge in [-0.2, -0.15) is 0 Å². The highest BCUT2D eigenvalue weighted by molar-refractivity contribution is 7.89. The van der Waals surface area contributed by atoms with Crippen LogP contribution in [0.4, 0.5) is 0 Å². The third-order valence-electron chi connectivity index (χ3n) is 3.84. The standard InChI is InChI=1S/C15H18N2O6S/c1-9-14(10(2)23-17-9)24(19,20)16-7-15(3,18)11-4-5-12-13(6-11)22-8-21-12/h4-6,16,18H,7-8H2,1-3H3/t15-/m0/s1. The van der Waals surface area contributed by atoms with Crippen LogP contribution in [0.3, 0.4) is 0 Å². The molecular weight excluding hydrogens is 336 g/mol. The van der Waals surface area contributed by atoms with Crippen molar-refractivity contribution >= 4 is 10.0 Å². The van der Waals surface area contributed by atoms with Crippen LogP contribution < -0.4 is 14.2 Å². The Hall–Kier alpha value is -2.10. The van der Waals surface area contributed by atoms with E-state index in [2.05, 4.69) is 9.88 Å². The number of ether oxygens (including phenoxy) is 2. The van der Waals surface area contributed by atoms with E-state index in [0.717, 1.165) is 0 Å². The highest BCUT2D eigenvalue weighted by Gasteiger charge is 2.30. The van der Waals surface area contributed by atoms with Crippen molar-refractivity contribution in [2.45, 2.75) is 31.3 Å². The summed E-state index contributed by atoms with van der Waals surface area (Å²) in [5.41, 5.74) is -0.663. The van der Waals surface area contributed by atoms with Gasteiger partial charge in [0.05, 0.1) is 0 Å². The quantitative estimate of drug-likeness (QED) is 0.830. The zero-order valence-electron chi connectivity index (χ0n) is 13.5. The van der Waals surface area contributed by atoms with Crippen molar-refractivity contribution in [1.82, 2.24) is 9.88 Å². The largest absolute Gasteiger partial charge is 0.454 e. The molecular formula is C15H18N2O6S. The lowest BCUT2D eigenvalue weighted by Crippen LogP contribution is -2.38. The van der Waals surface area contributed by atoms with Crippen molar-refractivity contribution < 1.29 is 27.5 Å². The Bertz CT molecular complexity index is 853. The topological polar surface area (TPSA) is 111 Å². The molecule has 9 heteroatoms. The number of hydrogen-bond acceptors (Lipinski definition) is 7. The molecule has 2 N–H and O–H groups in total. The summed E-state index contributed by atoms with van der Waals surface area (Å²) in [6.07, 6.45) is 0. The first-order valence-corrected chi connectivity index (χ1v) is 8.74. The lowest BCUT2D eigenvalue weighted by Gasteiger charge is -2.24. The fourth-order valence-corrected chi connectivity index (χ4v) is 3.96. The molecule has 0 saturated heterocycles. The van der Waals surface area contributed by atoms with E-state index < -0.39 is 15.6 Å². The van der Waals surface area contributed by atoms with E-state index in [1.54, 1.807) is 25.1 Å². The van der Waals surface area contributed by atoms with Gasteiger partial charge in [0.1, 0.15) is 16.2 Å². The van der Waals surface area contributed by atoms with E-state index in [1.165, 1.54) is 13.8 Å². The molecule has 0 bridgehead atoms. The Morgan fingerprint density at radius 2 is 2.00 bits per heavy atom. The van der Waals surface area contributed by atoms with Crippen molar-refractivity contribution in [2.24, 2.45) is 0 Å². The lowest BCUT2D eigenvalue weighted by molar-refractivity contribution is 0.0625. The third kappa shape index (κ3) is 2.97. The Morgan fingerprint density at radius 3 is 2.67 bits per heavy atom. The van der Waals surface area contributed by atoms with Crippen LogP contribution in [-0.4, -0.2) is 32.0 Å². The number of aromatic nitrogens is 1. The first kappa shape index (κ1) is 16.7. The molecule has 0 fully saturated rings. The van der Waals surface area contributed by atoms with Crippen molar-refractivity contribution in [3.05, 3.63) is 35.2 Å². The Kier molecular flexibility index (Phi) is 4.02. The van der Waals surface area contributed by atoms with Gasteiger partial charge in [-0.3, -0.25) is 0 Å². The van der Waals surface area contributed by atoms with Crippen LogP contribution in [0.5, 0.6) is 11.5 Å². The van der Waals surface area contributed by atoms with Crippen LogP contribution in [-0.2, 0) is 15.6 Å². The van der Waals surface area contributed by atoms with Crippen molar-refractivity contribution in [1.29, 1.82) is 0 Å². The maximum absolute atomic E-state index is 12.4. The lowest BCUT2D eigenvalue weighted by atomic mass is 9.96. The number of rotatable bonds is 5. The second kappa shape index (κ2) is 5.76. The molecule has 1 aliphatic rings. The summed E-state index contributed by atoms with van der Waals surface area (Å²) in [4.78, 5) is -0.0102. The van der Waals surface area contributed by atoms with Gasteiger partial charge in [0, 0.05) is 6.54 Å². The summed E-state index contributed by atoms with van der Waals surface area (Å²) < 4.78 is 42.7. The molecule has 1 atom stereocenters. The van der Waals surface area contributed by atoms with Crippen LogP contribution in [0.1, 0.15) is 23.9 Å². The molecule has 0 unspecified atom stereocenters. The number of aryl methyl sites for hydroxylation is 2. The first-order valence-electron chi connectivity index (χ1n) is 7.26. The van der Waals surface area contributed by atoms with Crippen molar-refractivity contribution in [2.75, 3.05) is 13.3 Å². The highest BCUT2D eigenvalue weighted by atomic mass is 32.2. The van der Waals surface area contributed by atoms with Gasteiger partial charge in [0.25, 0.3) is 0 Å². The molecule has 3 rings (SSSR count). The zero-order valence-corrected chi connectivity index (χ0v) is 14.3. The number of nitrogens with zero attached hydrogens (tertiary/aromatic N) is 1. The summed E-state index contributed by atoms with van der Waals surface area (Å²) >= 11 is 0. The summed E-state index contributed by atoms with van der Waals surface area (Å²) in [5, 5.41) is 14.3. The molecule has 2 aromatic rings. The molecule has 0 amide bonds. The third-order valence-corrected chi connectivity index (χ3v) is 5.48. The van der Waals surface area contributed by atoms with Crippen LogP contribution in [0.25, 0.3) is 0 Å². The maximum atomic E-state index is 12.4. The highest BCUT2D eigenvalue weighted by Crippen LogP contribution is 2.35. The molecule has 24 heavy (non-hydrogen) atoms. The number of hydrogen-bond donors (Lipinski definition) is 2. The van der Waals surface area contributed by atoms with Gasteiger partial charge in [-0.25, -0.2) is 13.1 Å². The summed E-state index contributed by atoms with van der Waals surface area (Å²) in [6.45, 7) is 4.48. The van der Waals surface area contributed by atoms with Gasteiger partial charge in [0.15, 0.2) is 17.3 Å². The van der Waals surface area contributed by atoms with Crippen LogP contribution in [0, 0.1) is 13.8 Å². The molecule has 1 aliphatic heterocycles. The van der Waals surface area contributed by atoms with Crippen LogP contribution in [0.15, 0.2) is 27.6 Å². The number of aliphatic hydroxyl groups is 1. The smallest absolute Gasteiger partial charge is 0.246 e. The fraction of sp³-hybridized carbons (Fsp3) is 0.400. The second-order valence-corrected chi connectivity index (χ2v) is 7.52. The molecule has 2 heterocycles. The predicted molar refractivity (Wildman–Crippen MR) is 83.3 cm³/mol. The average molecular weight is 354 g/mol. The minimum absolute atomic E-state index is 0.0102. The molecule has 1 aromatic carbocycles. The van der Waals surface area contributed by atoms with Crippen LogP contribution >= 0.6 is 0 Å². The van der Waals surface area contributed by atoms with Crippen molar-refractivity contribution in [3.63, 3.8) is 0 Å². The Balaban J connectivity index is 1.80. The minimum Gasteiger partial charge on any atom is -0.454 e. The summed E-state index contributed by atoms with van der Waals surface area (Å²) in [7, 11) is -3.85. The number of benzene rings is 1. The van der Waals surface area contributed by atoms with Gasteiger partial charge >= 0.3 is 0 Å². The Labute approximate surface area is 139 Å². The number of fused-ring (bicyclic) bond motifs is 1. The SMILES string of the molecule is Cc1noc(C)c1S(=O)(=O)NC[C@](C)(O)c1ccc2c(c1)OCO2. The van der Waals surface area contributed by atoms with Gasteiger partial charge < -0.3 is 19.1 Å². The van der Waals surface area contributed by atoms with E-state index in [1.807, 2.05) is 0 Å². The van der Waals surface area contributed by atoms with E-state index in [9.17, 15) is 13.5 Å². The molecule has 0 radical (unpaired) electrons. The van der Waals surface area contributed by atoms with Crippen LogP contribution in [0.2, 0.25) is 0 Å². The first-order chi connectivity index (χ1) is 11.2. The molecule has 130 valence electrons. The van der Waals surface area contributed by atoms with Gasteiger partial charge in [0.2, 0.25) is 16.8 Å². The average Bonchev–Trinajstić information content (AvgIpc) is 3.11. The molecule has 1 aromatic heterocycles. The number of nitrogens with one attached hydrogen (secondary N) is 1. The van der Waals surface area contributed by atoms with Gasteiger partial charge in [-0.15, -0.1) is 0 Å². The summed E-state index contributed by atoms with van der Waals surface area (Å²) in [5.74, 6) is 1.30. The van der Waals surface area contributed by atoms with Gasteiger partial charge in [-0.1, -0.05) is 11.2 Å². The van der Waals surface area contributed by atoms with Gasteiger partial charge in [-0.05, 0) is 38.5 Å². The van der Waals surface area contributed by atoms with Crippen molar-refractivity contribution in [3.8, 4) is 11.5 Å². The molecule has 0 aliphatic carbocycles. The number of sulfonamides is 1. The minimum atomic E-state index is -3.85. The fourth-order valence-electron chi connectivity index (χ4n) is 2.50. The molecule has 8 nitrogen and oxygen atoms in total. The van der Waals surface area contributed by atoms with E-state index in [-0.39, 0.29) is 29.7 Å².